The fourth-order valence-corrected chi connectivity index (χ4v) is 4.22. The van der Waals surface area contributed by atoms with Gasteiger partial charge in [-0.15, -0.1) is 0 Å². The number of esters is 2. The van der Waals surface area contributed by atoms with Crippen molar-refractivity contribution >= 4 is 52.0 Å². The molecule has 1 heterocycles. The number of benzene rings is 1. The maximum atomic E-state index is 12.9. The van der Waals surface area contributed by atoms with Gasteiger partial charge in [-0.2, -0.15) is 11.8 Å². The number of ether oxygens (including phenoxy) is 2. The third-order valence-electron chi connectivity index (χ3n) is 4.65. The first kappa shape index (κ1) is 27.3. The van der Waals surface area contributed by atoms with Crippen molar-refractivity contribution in [3.63, 3.8) is 0 Å². The lowest BCUT2D eigenvalue weighted by molar-refractivity contribution is -0.156. The zero-order valence-corrected chi connectivity index (χ0v) is 21.2. The zero-order valence-electron chi connectivity index (χ0n) is 19.6. The number of nitrogens with one attached hydrogen (secondary N) is 2. The summed E-state index contributed by atoms with van der Waals surface area (Å²) < 4.78 is 10.4. The number of aromatic nitrogens is 1. The third-order valence-corrected chi connectivity index (χ3v) is 6.34. The first-order valence-electron chi connectivity index (χ1n) is 10.8. The van der Waals surface area contributed by atoms with Crippen molar-refractivity contribution in [2.24, 2.45) is 0 Å². The van der Waals surface area contributed by atoms with Crippen molar-refractivity contribution in [2.75, 3.05) is 23.9 Å². The highest BCUT2D eigenvalue weighted by atomic mass is 32.2. The van der Waals surface area contributed by atoms with Gasteiger partial charge in [0.05, 0.1) is 12.3 Å². The topological polar surface area (TPSA) is 124 Å². The van der Waals surface area contributed by atoms with E-state index in [1.165, 1.54) is 11.8 Å². The molecule has 0 fully saturated rings. The molecule has 0 saturated heterocycles. The predicted molar refractivity (Wildman–Crippen MR) is 132 cm³/mol. The van der Waals surface area contributed by atoms with Crippen molar-refractivity contribution in [1.29, 1.82) is 0 Å². The van der Waals surface area contributed by atoms with Crippen LogP contribution in [0.2, 0.25) is 0 Å². The Morgan fingerprint density at radius 2 is 1.85 bits per heavy atom. The second-order valence-electron chi connectivity index (χ2n) is 7.15. The second-order valence-corrected chi connectivity index (χ2v) is 9.14. The van der Waals surface area contributed by atoms with Gasteiger partial charge in [-0.1, -0.05) is 36.5 Å². The van der Waals surface area contributed by atoms with Crippen LogP contribution in [0, 0.1) is 6.92 Å². The summed E-state index contributed by atoms with van der Waals surface area (Å²) in [6.45, 7) is 5.27. The molecule has 2 amide bonds. The van der Waals surface area contributed by atoms with Gasteiger partial charge in [-0.25, -0.2) is 14.6 Å². The molecule has 2 rings (SSSR count). The number of carbonyl (C=O) groups excluding carboxylic acids is 4. The summed E-state index contributed by atoms with van der Waals surface area (Å²) in [5, 5.41) is 5.50. The number of amides is 2. The number of nitrogens with zero attached hydrogens (tertiary/aromatic N) is 1. The summed E-state index contributed by atoms with van der Waals surface area (Å²) in [5.41, 5.74) is 0.857. The van der Waals surface area contributed by atoms with Gasteiger partial charge in [0.2, 0.25) is 0 Å². The molecule has 0 unspecified atom stereocenters. The summed E-state index contributed by atoms with van der Waals surface area (Å²) in [6.07, 6.45) is 1.37. The van der Waals surface area contributed by atoms with Crippen molar-refractivity contribution in [3.8, 4) is 0 Å². The van der Waals surface area contributed by atoms with Crippen molar-refractivity contribution < 1.29 is 28.7 Å². The lowest BCUT2D eigenvalue weighted by atomic mass is 10.1. The molecule has 9 nitrogen and oxygen atoms in total. The molecule has 0 radical (unpaired) electrons. The van der Waals surface area contributed by atoms with E-state index in [0.717, 1.165) is 11.3 Å². The Bertz CT molecular complexity index is 996. The molecule has 2 N–H and O–H groups in total. The van der Waals surface area contributed by atoms with Gasteiger partial charge in [0.15, 0.2) is 11.2 Å². The fourth-order valence-electron chi connectivity index (χ4n) is 2.88. The molecule has 11 heteroatoms. The Labute approximate surface area is 207 Å². The largest absolute Gasteiger partial charge is 0.462 e. The highest BCUT2D eigenvalue weighted by Gasteiger charge is 2.29. The van der Waals surface area contributed by atoms with E-state index in [1.54, 1.807) is 51.1 Å². The number of rotatable bonds is 12. The van der Waals surface area contributed by atoms with Gasteiger partial charge in [0, 0.05) is 5.56 Å². The number of aryl methyl sites for hydroxylation is 1. The number of thiazole rings is 1. The van der Waals surface area contributed by atoms with Crippen LogP contribution in [0.25, 0.3) is 0 Å². The molecular weight excluding hydrogens is 478 g/mol. The molecule has 34 heavy (non-hydrogen) atoms. The maximum Gasteiger partial charge on any atom is 0.350 e. The van der Waals surface area contributed by atoms with Gasteiger partial charge in [-0.05, 0) is 50.8 Å². The number of carbonyl (C=O) groups is 4. The molecule has 0 bridgehead atoms. The van der Waals surface area contributed by atoms with E-state index in [2.05, 4.69) is 15.6 Å². The summed E-state index contributed by atoms with van der Waals surface area (Å²) in [4.78, 5) is 54.6. The van der Waals surface area contributed by atoms with Crippen molar-refractivity contribution in [3.05, 3.63) is 46.5 Å². The quantitative estimate of drug-likeness (QED) is 0.419. The van der Waals surface area contributed by atoms with Gasteiger partial charge in [0.25, 0.3) is 11.8 Å². The predicted octanol–water partition coefficient (Wildman–Crippen LogP) is 3.44. The monoisotopic (exact) mass is 507 g/mol. The van der Waals surface area contributed by atoms with Crippen molar-refractivity contribution in [2.45, 2.75) is 45.8 Å². The van der Waals surface area contributed by atoms with Crippen LogP contribution in [0.15, 0.2) is 30.3 Å². The normalized spacial score (nSPS) is 12.4. The standard InChI is InChI=1S/C23H29N3O6S2/c1-5-17(20(28)26-23-24-14(3)18(34-23)22(30)31-6-2)32-21(29)16(12-13-33-4)25-19(27)15-10-8-7-9-11-15/h7-11,16-17H,5-6,12-13H2,1-4H3,(H,25,27)(H,24,26,28)/t16-,17+/m0/s1. The van der Waals surface area contributed by atoms with E-state index >= 15 is 0 Å². The summed E-state index contributed by atoms with van der Waals surface area (Å²) in [7, 11) is 0. The molecule has 0 aliphatic rings. The van der Waals surface area contributed by atoms with E-state index in [0.29, 0.717) is 28.3 Å². The number of hydrogen-bond acceptors (Lipinski definition) is 9. The summed E-state index contributed by atoms with van der Waals surface area (Å²) >= 11 is 2.52. The minimum Gasteiger partial charge on any atom is -0.462 e. The maximum absolute atomic E-state index is 12.9. The summed E-state index contributed by atoms with van der Waals surface area (Å²) in [5.74, 6) is -1.55. The van der Waals surface area contributed by atoms with Crippen LogP contribution in [0.3, 0.4) is 0 Å². The minimum atomic E-state index is -1.09. The Kier molecular flexibility index (Phi) is 11.0. The molecule has 1 aromatic heterocycles. The fraction of sp³-hybridized carbons (Fsp3) is 0.435. The second kappa shape index (κ2) is 13.7. The van der Waals surface area contributed by atoms with Gasteiger partial charge in [-0.3, -0.25) is 14.9 Å². The smallest absolute Gasteiger partial charge is 0.350 e. The van der Waals surface area contributed by atoms with Crippen molar-refractivity contribution in [1.82, 2.24) is 10.3 Å². The lowest BCUT2D eigenvalue weighted by Crippen LogP contribution is -2.45. The number of hydrogen-bond donors (Lipinski definition) is 2. The lowest BCUT2D eigenvalue weighted by Gasteiger charge is -2.21. The van der Waals surface area contributed by atoms with E-state index in [9.17, 15) is 19.2 Å². The Morgan fingerprint density at radius 3 is 2.47 bits per heavy atom. The van der Waals surface area contributed by atoms with Crippen LogP contribution in [-0.4, -0.2) is 59.5 Å². The Balaban J connectivity index is 2.06. The Hall–Kier alpha value is -2.92. The number of anilines is 1. The van der Waals surface area contributed by atoms with E-state index < -0.39 is 35.9 Å². The highest BCUT2D eigenvalue weighted by molar-refractivity contribution is 7.98. The number of thioether (sulfide) groups is 1. The average molecular weight is 508 g/mol. The minimum absolute atomic E-state index is 0.205. The molecule has 0 aliphatic heterocycles. The summed E-state index contributed by atoms with van der Waals surface area (Å²) in [6, 6.07) is 7.65. The average Bonchev–Trinajstić information content (AvgIpc) is 3.20. The first-order valence-corrected chi connectivity index (χ1v) is 13.0. The molecule has 2 atom stereocenters. The van der Waals surface area contributed by atoms with Crippen LogP contribution in [0.5, 0.6) is 0 Å². The van der Waals surface area contributed by atoms with Gasteiger partial charge >= 0.3 is 11.9 Å². The molecule has 184 valence electrons. The van der Waals surface area contributed by atoms with Crippen LogP contribution in [0.1, 0.15) is 52.4 Å². The molecule has 1 aromatic carbocycles. The molecule has 0 spiro atoms. The van der Waals surface area contributed by atoms with Crippen LogP contribution in [0.4, 0.5) is 5.13 Å². The molecular formula is C23H29N3O6S2. The molecule has 2 aromatic rings. The molecule has 0 saturated carbocycles. The van der Waals surface area contributed by atoms with E-state index in [1.807, 2.05) is 6.26 Å². The third kappa shape index (κ3) is 7.84. The van der Waals surface area contributed by atoms with Gasteiger partial charge < -0.3 is 14.8 Å². The molecule has 0 aliphatic carbocycles. The van der Waals surface area contributed by atoms with Crippen LogP contribution in [-0.2, 0) is 19.1 Å². The Morgan fingerprint density at radius 1 is 1.15 bits per heavy atom. The van der Waals surface area contributed by atoms with Crippen LogP contribution >= 0.6 is 23.1 Å². The highest BCUT2D eigenvalue weighted by Crippen LogP contribution is 2.24. The first-order chi connectivity index (χ1) is 16.3. The van der Waals surface area contributed by atoms with E-state index in [4.69, 9.17) is 9.47 Å². The van der Waals surface area contributed by atoms with Gasteiger partial charge in [0.1, 0.15) is 10.9 Å². The van der Waals surface area contributed by atoms with Crippen LogP contribution < -0.4 is 10.6 Å². The SMILES string of the molecule is CCOC(=O)c1sc(NC(=O)[C@@H](CC)OC(=O)[C@H](CCSC)NC(=O)c2ccccc2)nc1C. The zero-order chi connectivity index (χ0) is 25.1. The van der Waals surface area contributed by atoms with E-state index in [-0.39, 0.29) is 18.2 Å².